The number of aliphatic hydroxyl groups is 1. The van der Waals surface area contributed by atoms with Crippen LogP contribution in [0.1, 0.15) is 85.5 Å². The molecule has 0 saturated heterocycles. The summed E-state index contributed by atoms with van der Waals surface area (Å²) < 4.78 is 10.8. The zero-order chi connectivity index (χ0) is 24.1. The predicted octanol–water partition coefficient (Wildman–Crippen LogP) is 4.32. The number of ether oxygens (including phenoxy) is 2. The molecule has 0 aromatic heterocycles. The van der Waals surface area contributed by atoms with E-state index in [1.165, 1.54) is 14.0 Å². The van der Waals surface area contributed by atoms with Gasteiger partial charge in [-0.3, -0.25) is 14.4 Å². The molecule has 0 aromatic carbocycles. The van der Waals surface area contributed by atoms with Crippen molar-refractivity contribution in [2.24, 2.45) is 46.3 Å². The minimum Gasteiger partial charge on any atom is -0.469 e. The van der Waals surface area contributed by atoms with Gasteiger partial charge in [0, 0.05) is 31.1 Å². The summed E-state index contributed by atoms with van der Waals surface area (Å²) in [4.78, 5) is 37.7. The fraction of sp³-hybridized carbons (Fsp3) is 0.889. The highest BCUT2D eigenvalue weighted by Gasteiger charge is 2.66. The molecule has 186 valence electrons. The van der Waals surface area contributed by atoms with E-state index in [-0.39, 0.29) is 65.1 Å². The van der Waals surface area contributed by atoms with Crippen molar-refractivity contribution >= 4 is 17.7 Å². The van der Waals surface area contributed by atoms with Crippen molar-refractivity contribution in [3.05, 3.63) is 0 Å². The van der Waals surface area contributed by atoms with Gasteiger partial charge in [-0.25, -0.2) is 0 Å². The first kappa shape index (κ1) is 24.7. The molecule has 4 aliphatic carbocycles. The van der Waals surface area contributed by atoms with E-state index >= 15 is 0 Å². The number of ketones is 1. The van der Waals surface area contributed by atoms with Crippen molar-refractivity contribution in [2.45, 2.75) is 97.7 Å². The lowest BCUT2D eigenvalue weighted by Crippen LogP contribution is -2.61. The van der Waals surface area contributed by atoms with Crippen molar-refractivity contribution in [2.75, 3.05) is 7.11 Å². The number of rotatable bonds is 5. The van der Waals surface area contributed by atoms with Crippen LogP contribution in [0.25, 0.3) is 0 Å². The van der Waals surface area contributed by atoms with Crippen LogP contribution in [0.4, 0.5) is 0 Å². The Morgan fingerprint density at radius 1 is 1.15 bits per heavy atom. The summed E-state index contributed by atoms with van der Waals surface area (Å²) in [5.74, 6) is 1.25. The van der Waals surface area contributed by atoms with Crippen molar-refractivity contribution in [1.29, 1.82) is 0 Å². The molecule has 4 saturated carbocycles. The second-order valence-corrected chi connectivity index (χ2v) is 12.0. The Morgan fingerprint density at radius 2 is 1.88 bits per heavy atom. The standard InChI is InChI=1S/C27H42O6/c1-15(6-9-24(31)32-5)19-7-8-20-25-21(14-23(30)27(19,20)4)26(3)11-10-18(29)12-17(26)13-22(25)33-16(2)28/h15,17-22,25,29H,6-14H2,1-5H3. The highest BCUT2D eigenvalue weighted by atomic mass is 16.5. The normalized spacial score (nSPS) is 45.4. The lowest BCUT2D eigenvalue weighted by Gasteiger charge is -2.62. The Labute approximate surface area is 198 Å². The Hall–Kier alpha value is -1.43. The van der Waals surface area contributed by atoms with Crippen LogP contribution in [0.3, 0.4) is 0 Å². The van der Waals surface area contributed by atoms with Crippen LogP contribution in [0.2, 0.25) is 0 Å². The molecule has 0 radical (unpaired) electrons. The van der Waals surface area contributed by atoms with E-state index in [0.717, 1.165) is 44.9 Å². The van der Waals surface area contributed by atoms with Gasteiger partial charge in [0.05, 0.1) is 13.2 Å². The zero-order valence-electron chi connectivity index (χ0n) is 21.0. The third-order valence-corrected chi connectivity index (χ3v) is 10.6. The van der Waals surface area contributed by atoms with Gasteiger partial charge < -0.3 is 14.6 Å². The second-order valence-electron chi connectivity index (χ2n) is 12.0. The maximum Gasteiger partial charge on any atom is 0.305 e. The number of hydrogen-bond donors (Lipinski definition) is 1. The Bertz CT molecular complexity index is 793. The molecule has 0 bridgehead atoms. The third kappa shape index (κ3) is 4.04. The molecule has 1 N–H and O–H groups in total. The molecule has 4 aliphatic rings. The van der Waals surface area contributed by atoms with Gasteiger partial charge in [0.25, 0.3) is 0 Å². The highest BCUT2D eigenvalue weighted by molar-refractivity contribution is 5.87. The smallest absolute Gasteiger partial charge is 0.305 e. The van der Waals surface area contributed by atoms with Crippen LogP contribution in [-0.4, -0.2) is 42.1 Å². The minimum atomic E-state index is -0.438. The first-order valence-electron chi connectivity index (χ1n) is 13.0. The van der Waals surface area contributed by atoms with Gasteiger partial charge in [-0.05, 0) is 80.0 Å². The molecular formula is C27H42O6. The largest absolute Gasteiger partial charge is 0.469 e. The van der Waals surface area contributed by atoms with Gasteiger partial charge in [-0.15, -0.1) is 0 Å². The topological polar surface area (TPSA) is 89.9 Å². The van der Waals surface area contributed by atoms with E-state index in [1.54, 1.807) is 0 Å². The summed E-state index contributed by atoms with van der Waals surface area (Å²) in [6, 6.07) is 0. The number of aliphatic hydroxyl groups excluding tert-OH is 1. The number of methoxy groups -OCH3 is 1. The summed E-state index contributed by atoms with van der Waals surface area (Å²) in [5.41, 5.74) is -0.432. The number of Topliss-reactive ketones (excluding diaryl/α,β-unsaturated/α-hetero) is 1. The Kier molecular flexibility index (Phi) is 6.71. The van der Waals surface area contributed by atoms with Crippen LogP contribution >= 0.6 is 0 Å². The molecule has 33 heavy (non-hydrogen) atoms. The molecule has 6 heteroatoms. The molecule has 0 aromatic rings. The minimum absolute atomic E-state index is 0.00607. The van der Waals surface area contributed by atoms with E-state index in [9.17, 15) is 19.5 Å². The zero-order valence-corrected chi connectivity index (χ0v) is 21.0. The molecule has 6 nitrogen and oxygen atoms in total. The molecule has 4 rings (SSSR count). The number of hydrogen-bond acceptors (Lipinski definition) is 6. The quantitative estimate of drug-likeness (QED) is 0.612. The average Bonchev–Trinajstić information content (AvgIpc) is 3.11. The van der Waals surface area contributed by atoms with Crippen molar-refractivity contribution in [3.8, 4) is 0 Å². The summed E-state index contributed by atoms with van der Waals surface area (Å²) in [6.45, 7) is 8.14. The molecule has 0 heterocycles. The van der Waals surface area contributed by atoms with Crippen molar-refractivity contribution in [3.63, 3.8) is 0 Å². The molecule has 0 aliphatic heterocycles. The lowest BCUT2D eigenvalue weighted by molar-refractivity contribution is -0.194. The fourth-order valence-corrected chi connectivity index (χ4v) is 8.82. The summed E-state index contributed by atoms with van der Waals surface area (Å²) in [6.07, 6.45) is 6.37. The van der Waals surface area contributed by atoms with E-state index in [0.29, 0.717) is 18.6 Å². The average molecular weight is 463 g/mol. The van der Waals surface area contributed by atoms with Crippen LogP contribution in [-0.2, 0) is 23.9 Å². The first-order valence-corrected chi connectivity index (χ1v) is 13.0. The van der Waals surface area contributed by atoms with E-state index in [2.05, 4.69) is 20.8 Å². The fourth-order valence-electron chi connectivity index (χ4n) is 8.82. The van der Waals surface area contributed by atoms with Gasteiger partial charge in [0.15, 0.2) is 0 Å². The number of fused-ring (bicyclic) bond motifs is 5. The van der Waals surface area contributed by atoms with E-state index < -0.39 is 5.41 Å². The molecule has 10 unspecified atom stereocenters. The van der Waals surface area contributed by atoms with Crippen molar-refractivity contribution < 1.29 is 29.0 Å². The van der Waals surface area contributed by atoms with Crippen LogP contribution < -0.4 is 0 Å². The maximum atomic E-state index is 13.9. The Balaban J connectivity index is 1.65. The monoisotopic (exact) mass is 462 g/mol. The summed E-state index contributed by atoms with van der Waals surface area (Å²) in [7, 11) is 1.42. The maximum absolute atomic E-state index is 13.9. The number of carbonyl (C=O) groups excluding carboxylic acids is 3. The SMILES string of the molecule is COC(=O)CCC(C)C1CCC2C3C(OC(C)=O)CC4CC(O)CCC4(C)C3CC(=O)C12C. The van der Waals surface area contributed by atoms with E-state index in [4.69, 9.17) is 9.47 Å². The van der Waals surface area contributed by atoms with Crippen LogP contribution in [0.5, 0.6) is 0 Å². The number of esters is 2. The van der Waals surface area contributed by atoms with Gasteiger partial charge in [0.1, 0.15) is 11.9 Å². The molecule has 0 amide bonds. The van der Waals surface area contributed by atoms with Gasteiger partial charge in [0.2, 0.25) is 0 Å². The summed E-state index contributed by atoms with van der Waals surface area (Å²) >= 11 is 0. The summed E-state index contributed by atoms with van der Waals surface area (Å²) in [5, 5.41) is 10.4. The molecule has 0 spiro atoms. The van der Waals surface area contributed by atoms with Crippen LogP contribution in [0.15, 0.2) is 0 Å². The highest BCUT2D eigenvalue weighted by Crippen LogP contribution is 2.67. The van der Waals surface area contributed by atoms with Gasteiger partial charge in [-0.1, -0.05) is 20.8 Å². The molecule has 4 fully saturated rings. The van der Waals surface area contributed by atoms with Gasteiger partial charge >= 0.3 is 11.9 Å². The van der Waals surface area contributed by atoms with E-state index in [1.807, 2.05) is 0 Å². The number of carbonyl (C=O) groups is 3. The third-order valence-electron chi connectivity index (χ3n) is 10.6. The van der Waals surface area contributed by atoms with Crippen LogP contribution in [0, 0.1) is 46.3 Å². The second kappa shape index (κ2) is 8.98. The Morgan fingerprint density at radius 3 is 2.55 bits per heavy atom. The van der Waals surface area contributed by atoms with Gasteiger partial charge in [-0.2, -0.15) is 0 Å². The first-order chi connectivity index (χ1) is 15.5. The molecular weight excluding hydrogens is 420 g/mol. The van der Waals surface area contributed by atoms with Crippen molar-refractivity contribution in [1.82, 2.24) is 0 Å². The molecule has 10 atom stereocenters. The lowest BCUT2D eigenvalue weighted by atomic mass is 9.43. The predicted molar refractivity (Wildman–Crippen MR) is 123 cm³/mol.